The Bertz CT molecular complexity index is 1470. The molecule has 0 saturated heterocycles. The van der Waals surface area contributed by atoms with Gasteiger partial charge in [-0.05, 0) is 35.6 Å². The Morgan fingerprint density at radius 2 is 1.74 bits per heavy atom. The molecular formula is C31H28ClN3O3S. The van der Waals surface area contributed by atoms with E-state index >= 15 is 0 Å². The van der Waals surface area contributed by atoms with Gasteiger partial charge in [-0.3, -0.25) is 4.79 Å². The first-order chi connectivity index (χ1) is 19.0. The number of benzene rings is 3. The minimum atomic E-state index is -0.570. The van der Waals surface area contributed by atoms with Crippen molar-refractivity contribution in [3.8, 4) is 0 Å². The standard InChI is InChI=1S/C31H28ClN3O3S/c1-3-38-30(37)27-28(22-13-8-5-9-14-22)33-31-35(29(27)23-15-10-16-24(32)17-23)25(20-39-31)18-26(36)34(2)19-21-11-6-4-7-12-21/h4-17,20,29H,3,18-19H2,1-2H3. The number of carbonyl (C=O) groups excluding carboxylic acids is 2. The average molecular weight is 558 g/mol. The average Bonchev–Trinajstić information content (AvgIpc) is 3.35. The van der Waals surface area contributed by atoms with E-state index in [9.17, 15) is 9.59 Å². The second kappa shape index (κ2) is 11.9. The molecule has 198 valence electrons. The van der Waals surface area contributed by atoms with Gasteiger partial charge in [-0.2, -0.15) is 0 Å². The van der Waals surface area contributed by atoms with Crippen LogP contribution in [0.1, 0.15) is 36.1 Å². The van der Waals surface area contributed by atoms with E-state index in [0.717, 1.165) is 22.4 Å². The number of carbonyl (C=O) groups is 2. The van der Waals surface area contributed by atoms with E-state index in [4.69, 9.17) is 21.3 Å². The number of ether oxygens (including phenoxy) is 1. The first-order valence-electron chi connectivity index (χ1n) is 12.7. The van der Waals surface area contributed by atoms with Crippen LogP contribution in [0.25, 0.3) is 5.70 Å². The van der Waals surface area contributed by atoms with Crippen molar-refractivity contribution in [2.45, 2.75) is 25.9 Å². The Kier molecular flexibility index (Phi) is 8.19. The van der Waals surface area contributed by atoms with Gasteiger partial charge < -0.3 is 14.5 Å². The number of esters is 1. The molecule has 3 aromatic carbocycles. The molecule has 8 heteroatoms. The Morgan fingerprint density at radius 1 is 1.03 bits per heavy atom. The quantitative estimate of drug-likeness (QED) is 0.290. The molecule has 2 heterocycles. The maximum Gasteiger partial charge on any atom is 0.338 e. The van der Waals surface area contributed by atoms with Crippen molar-refractivity contribution < 1.29 is 14.3 Å². The lowest BCUT2D eigenvalue weighted by molar-refractivity contribution is -0.139. The summed E-state index contributed by atoms with van der Waals surface area (Å²) in [7, 11) is 1.80. The molecule has 0 fully saturated rings. The summed E-state index contributed by atoms with van der Waals surface area (Å²) in [5, 5.41) is 3.19. The van der Waals surface area contributed by atoms with Crippen molar-refractivity contribution in [2.75, 3.05) is 13.7 Å². The monoisotopic (exact) mass is 557 g/mol. The van der Waals surface area contributed by atoms with Crippen LogP contribution in [0.2, 0.25) is 5.02 Å². The number of fused-ring (bicyclic) bond motifs is 1. The van der Waals surface area contributed by atoms with E-state index < -0.39 is 12.0 Å². The zero-order chi connectivity index (χ0) is 27.4. The van der Waals surface area contributed by atoms with Gasteiger partial charge in [-0.25, -0.2) is 9.79 Å². The number of thioether (sulfide) groups is 1. The zero-order valence-corrected chi connectivity index (χ0v) is 23.3. The summed E-state index contributed by atoms with van der Waals surface area (Å²) in [5.41, 5.74) is 4.41. The highest BCUT2D eigenvalue weighted by molar-refractivity contribution is 8.16. The molecule has 0 spiro atoms. The third kappa shape index (κ3) is 5.79. The van der Waals surface area contributed by atoms with Gasteiger partial charge in [0.2, 0.25) is 5.91 Å². The fourth-order valence-corrected chi connectivity index (χ4v) is 5.83. The molecule has 1 atom stereocenters. The van der Waals surface area contributed by atoms with Crippen LogP contribution >= 0.6 is 23.4 Å². The molecule has 0 radical (unpaired) electrons. The third-order valence-electron chi connectivity index (χ3n) is 6.54. The first kappa shape index (κ1) is 26.8. The number of amidine groups is 1. The van der Waals surface area contributed by atoms with Crippen LogP contribution in [0.3, 0.4) is 0 Å². The van der Waals surface area contributed by atoms with Gasteiger partial charge in [0.25, 0.3) is 0 Å². The van der Waals surface area contributed by atoms with Gasteiger partial charge >= 0.3 is 5.97 Å². The van der Waals surface area contributed by atoms with Gasteiger partial charge in [0.05, 0.1) is 30.3 Å². The van der Waals surface area contributed by atoms with Crippen molar-refractivity contribution >= 4 is 46.1 Å². The van der Waals surface area contributed by atoms with Crippen LogP contribution in [-0.4, -0.2) is 40.5 Å². The van der Waals surface area contributed by atoms with E-state index in [0.29, 0.717) is 28.0 Å². The van der Waals surface area contributed by atoms with Crippen molar-refractivity contribution in [2.24, 2.45) is 4.99 Å². The molecule has 1 unspecified atom stereocenters. The number of aliphatic imine (C=N–C) groups is 1. The number of nitrogens with zero attached hydrogens (tertiary/aromatic N) is 3. The maximum absolute atomic E-state index is 13.6. The minimum Gasteiger partial charge on any atom is -0.463 e. The molecule has 0 N–H and O–H groups in total. The Labute approximate surface area is 237 Å². The lowest BCUT2D eigenvalue weighted by Crippen LogP contribution is -2.38. The Balaban J connectivity index is 1.55. The van der Waals surface area contributed by atoms with Gasteiger partial charge in [0.15, 0.2) is 5.17 Å². The van der Waals surface area contributed by atoms with Crippen molar-refractivity contribution in [1.29, 1.82) is 0 Å². The van der Waals surface area contributed by atoms with E-state index in [-0.39, 0.29) is 18.9 Å². The fraction of sp³-hybridized carbons (Fsp3) is 0.194. The molecule has 1 amide bonds. The van der Waals surface area contributed by atoms with E-state index in [1.165, 1.54) is 11.8 Å². The molecule has 0 saturated carbocycles. The largest absolute Gasteiger partial charge is 0.463 e. The summed E-state index contributed by atoms with van der Waals surface area (Å²) in [6, 6.07) is 26.4. The molecule has 0 aromatic heterocycles. The zero-order valence-electron chi connectivity index (χ0n) is 21.7. The lowest BCUT2D eigenvalue weighted by Gasteiger charge is -2.37. The summed E-state index contributed by atoms with van der Waals surface area (Å²) < 4.78 is 5.56. The second-order valence-corrected chi connectivity index (χ2v) is 10.5. The van der Waals surface area contributed by atoms with Crippen LogP contribution in [0.4, 0.5) is 0 Å². The molecule has 3 aromatic rings. The van der Waals surface area contributed by atoms with Crippen molar-refractivity contribution in [3.05, 3.63) is 123 Å². The smallest absolute Gasteiger partial charge is 0.338 e. The molecule has 5 rings (SSSR count). The van der Waals surface area contributed by atoms with Crippen LogP contribution in [0, 0.1) is 0 Å². The summed E-state index contributed by atoms with van der Waals surface area (Å²) >= 11 is 7.87. The molecule has 0 aliphatic carbocycles. The van der Waals surface area contributed by atoms with Gasteiger partial charge in [0, 0.05) is 29.9 Å². The van der Waals surface area contributed by atoms with E-state index in [1.54, 1.807) is 24.9 Å². The normalized spacial score (nSPS) is 16.4. The van der Waals surface area contributed by atoms with Gasteiger partial charge in [-0.15, -0.1) is 0 Å². The molecule has 39 heavy (non-hydrogen) atoms. The number of hydrogen-bond acceptors (Lipinski definition) is 6. The molecule has 2 aliphatic heterocycles. The number of halogens is 1. The number of hydrogen-bond donors (Lipinski definition) is 0. The molecule has 2 aliphatic rings. The fourth-order valence-electron chi connectivity index (χ4n) is 4.72. The van der Waals surface area contributed by atoms with Crippen molar-refractivity contribution in [1.82, 2.24) is 9.80 Å². The van der Waals surface area contributed by atoms with Gasteiger partial charge in [0.1, 0.15) is 0 Å². The molecule has 6 nitrogen and oxygen atoms in total. The predicted molar refractivity (Wildman–Crippen MR) is 157 cm³/mol. The highest BCUT2D eigenvalue weighted by Gasteiger charge is 2.42. The number of rotatable bonds is 8. The van der Waals surface area contributed by atoms with Crippen LogP contribution in [0.15, 0.2) is 107 Å². The second-order valence-electron chi connectivity index (χ2n) is 9.21. The first-order valence-corrected chi connectivity index (χ1v) is 14.0. The third-order valence-corrected chi connectivity index (χ3v) is 7.66. The van der Waals surface area contributed by atoms with E-state index in [2.05, 4.69) is 0 Å². The number of amides is 1. The summed E-state index contributed by atoms with van der Waals surface area (Å²) in [4.78, 5) is 35.6. The Morgan fingerprint density at radius 3 is 2.44 bits per heavy atom. The summed E-state index contributed by atoms with van der Waals surface area (Å²) in [6.45, 7) is 2.51. The van der Waals surface area contributed by atoms with Crippen LogP contribution in [-0.2, 0) is 20.9 Å². The topological polar surface area (TPSA) is 62.2 Å². The highest BCUT2D eigenvalue weighted by Crippen LogP contribution is 2.47. The summed E-state index contributed by atoms with van der Waals surface area (Å²) in [5.74, 6) is -0.486. The SMILES string of the molecule is CCOC(=O)C1=C(c2ccccc2)N=C2SC=C(CC(=O)N(C)Cc3ccccc3)N2C1c1cccc(Cl)c1. The predicted octanol–water partition coefficient (Wildman–Crippen LogP) is 6.66. The van der Waals surface area contributed by atoms with Gasteiger partial charge in [-0.1, -0.05) is 96.2 Å². The Hall–Kier alpha value is -3.81. The minimum absolute atomic E-state index is 0.0349. The molecular weight excluding hydrogens is 530 g/mol. The van der Waals surface area contributed by atoms with Crippen molar-refractivity contribution in [3.63, 3.8) is 0 Å². The summed E-state index contributed by atoms with van der Waals surface area (Å²) in [6.07, 6.45) is 0.156. The molecule has 0 bridgehead atoms. The lowest BCUT2D eigenvalue weighted by atomic mass is 9.91. The van der Waals surface area contributed by atoms with Crippen LogP contribution in [0.5, 0.6) is 0 Å². The van der Waals surface area contributed by atoms with E-state index in [1.807, 2.05) is 89.2 Å². The highest BCUT2D eigenvalue weighted by atomic mass is 35.5. The maximum atomic E-state index is 13.6. The van der Waals surface area contributed by atoms with Crippen LogP contribution < -0.4 is 0 Å².